The van der Waals surface area contributed by atoms with Crippen LogP contribution in [0, 0.1) is 5.82 Å². The maximum Gasteiger partial charge on any atom is 0.341 e. The molecule has 0 aliphatic carbocycles. The fraction of sp³-hybridized carbons (Fsp3) is 0.333. The fourth-order valence-electron chi connectivity index (χ4n) is 2.10. The number of aromatic nitrogens is 2. The molecular weight excluding hydrogens is 259 g/mol. The predicted octanol–water partition coefficient (Wildman–Crippen LogP) is 3.31. The van der Waals surface area contributed by atoms with Gasteiger partial charge in [0.15, 0.2) is 0 Å². The number of benzene rings is 1. The summed E-state index contributed by atoms with van der Waals surface area (Å²) in [7, 11) is 0. The zero-order valence-corrected chi connectivity index (χ0v) is 11.8. The average Bonchev–Trinajstić information content (AvgIpc) is 2.84. The van der Waals surface area contributed by atoms with E-state index in [2.05, 4.69) is 5.10 Å². The first-order chi connectivity index (χ1) is 9.56. The molecule has 1 heterocycles. The van der Waals surface area contributed by atoms with Crippen LogP contribution in [0.3, 0.4) is 0 Å². The summed E-state index contributed by atoms with van der Waals surface area (Å²) in [6, 6.07) is 6.34. The van der Waals surface area contributed by atoms with Crippen molar-refractivity contribution in [2.45, 2.75) is 26.7 Å². The van der Waals surface area contributed by atoms with Crippen LogP contribution in [0.1, 0.15) is 42.7 Å². The average molecular weight is 276 g/mol. The van der Waals surface area contributed by atoms with Gasteiger partial charge >= 0.3 is 5.97 Å². The molecule has 2 rings (SSSR count). The minimum absolute atomic E-state index is 0.0107. The predicted molar refractivity (Wildman–Crippen MR) is 73.6 cm³/mol. The number of esters is 1. The third kappa shape index (κ3) is 2.57. The number of carbonyl (C=O) groups excluding carboxylic acids is 1. The Balaban J connectivity index is 2.56. The van der Waals surface area contributed by atoms with E-state index in [1.807, 2.05) is 13.8 Å². The molecule has 0 N–H and O–H groups in total. The van der Waals surface area contributed by atoms with E-state index in [1.165, 1.54) is 16.9 Å². The molecule has 0 saturated heterocycles. The molecule has 2 aromatic rings. The second-order valence-electron chi connectivity index (χ2n) is 4.68. The van der Waals surface area contributed by atoms with Crippen LogP contribution in [0.5, 0.6) is 0 Å². The van der Waals surface area contributed by atoms with Crippen LogP contribution in [0.2, 0.25) is 0 Å². The summed E-state index contributed by atoms with van der Waals surface area (Å²) < 4.78 is 20.4. The van der Waals surface area contributed by atoms with Crippen LogP contribution in [0.25, 0.3) is 5.69 Å². The second kappa shape index (κ2) is 5.86. The number of hydrogen-bond acceptors (Lipinski definition) is 3. The Kier molecular flexibility index (Phi) is 4.17. The smallest absolute Gasteiger partial charge is 0.341 e. The molecule has 0 aliphatic rings. The Labute approximate surface area is 117 Å². The number of halogens is 1. The molecule has 106 valence electrons. The van der Waals surface area contributed by atoms with Gasteiger partial charge in [0.2, 0.25) is 0 Å². The highest BCUT2D eigenvalue weighted by Gasteiger charge is 2.22. The molecule has 0 fully saturated rings. The monoisotopic (exact) mass is 276 g/mol. The van der Waals surface area contributed by atoms with E-state index in [0.29, 0.717) is 23.6 Å². The Morgan fingerprint density at radius 1 is 1.40 bits per heavy atom. The minimum Gasteiger partial charge on any atom is -0.462 e. The number of ether oxygens (including phenoxy) is 1. The number of carbonyl (C=O) groups is 1. The summed E-state index contributed by atoms with van der Waals surface area (Å²) in [6.07, 6.45) is 1.43. The highest BCUT2D eigenvalue weighted by Crippen LogP contribution is 2.24. The third-order valence-corrected chi connectivity index (χ3v) is 2.93. The SMILES string of the molecule is CCOC(=O)c1cnn(-c2ccccc2F)c1C(C)C. The van der Waals surface area contributed by atoms with Crippen LogP contribution in [0.4, 0.5) is 4.39 Å². The van der Waals surface area contributed by atoms with E-state index >= 15 is 0 Å². The van der Waals surface area contributed by atoms with Crippen molar-refractivity contribution < 1.29 is 13.9 Å². The van der Waals surface area contributed by atoms with E-state index in [-0.39, 0.29) is 11.7 Å². The Morgan fingerprint density at radius 3 is 2.70 bits per heavy atom. The van der Waals surface area contributed by atoms with E-state index in [1.54, 1.807) is 25.1 Å². The van der Waals surface area contributed by atoms with Gasteiger partial charge in [-0.25, -0.2) is 13.9 Å². The van der Waals surface area contributed by atoms with Gasteiger partial charge in [0.25, 0.3) is 0 Å². The van der Waals surface area contributed by atoms with Crippen molar-refractivity contribution in [1.82, 2.24) is 9.78 Å². The summed E-state index contributed by atoms with van der Waals surface area (Å²) >= 11 is 0. The first-order valence-electron chi connectivity index (χ1n) is 6.56. The molecule has 0 saturated carbocycles. The van der Waals surface area contributed by atoms with Crippen LogP contribution >= 0.6 is 0 Å². The quantitative estimate of drug-likeness (QED) is 0.805. The summed E-state index contributed by atoms with van der Waals surface area (Å²) in [5, 5.41) is 4.15. The maximum absolute atomic E-state index is 13.9. The van der Waals surface area contributed by atoms with Gasteiger partial charge < -0.3 is 4.74 Å². The van der Waals surface area contributed by atoms with Gasteiger partial charge in [0, 0.05) is 0 Å². The van der Waals surface area contributed by atoms with Crippen molar-refractivity contribution in [3.05, 3.63) is 47.5 Å². The number of para-hydroxylation sites is 1. The van der Waals surface area contributed by atoms with Gasteiger partial charge in [0.05, 0.1) is 18.5 Å². The molecule has 0 spiro atoms. The lowest BCUT2D eigenvalue weighted by Crippen LogP contribution is -2.11. The van der Waals surface area contributed by atoms with Gasteiger partial charge in [-0.05, 0) is 25.0 Å². The van der Waals surface area contributed by atoms with Gasteiger partial charge in [-0.1, -0.05) is 26.0 Å². The summed E-state index contributed by atoms with van der Waals surface area (Å²) in [4.78, 5) is 11.9. The largest absolute Gasteiger partial charge is 0.462 e. The summed E-state index contributed by atoms with van der Waals surface area (Å²) in [5.41, 5.74) is 1.35. The lowest BCUT2D eigenvalue weighted by molar-refractivity contribution is 0.0524. The molecular formula is C15H17FN2O2. The zero-order chi connectivity index (χ0) is 14.7. The third-order valence-electron chi connectivity index (χ3n) is 2.93. The van der Waals surface area contributed by atoms with Crippen LogP contribution in [-0.2, 0) is 4.74 Å². The molecule has 0 aliphatic heterocycles. The van der Waals surface area contributed by atoms with Crippen molar-refractivity contribution in [3.8, 4) is 5.69 Å². The summed E-state index contributed by atoms with van der Waals surface area (Å²) in [6.45, 7) is 5.89. The first kappa shape index (κ1) is 14.2. The van der Waals surface area contributed by atoms with E-state index in [4.69, 9.17) is 4.74 Å². The number of hydrogen-bond donors (Lipinski definition) is 0. The number of rotatable bonds is 4. The van der Waals surface area contributed by atoms with Crippen molar-refractivity contribution >= 4 is 5.97 Å². The fourth-order valence-corrected chi connectivity index (χ4v) is 2.10. The highest BCUT2D eigenvalue weighted by molar-refractivity contribution is 5.90. The van der Waals surface area contributed by atoms with Gasteiger partial charge in [0.1, 0.15) is 17.1 Å². The Morgan fingerprint density at radius 2 is 2.10 bits per heavy atom. The molecule has 0 radical (unpaired) electrons. The highest BCUT2D eigenvalue weighted by atomic mass is 19.1. The topological polar surface area (TPSA) is 44.1 Å². The molecule has 0 bridgehead atoms. The standard InChI is InChI=1S/C15H17FN2O2/c1-4-20-15(19)11-9-17-18(14(11)10(2)3)13-8-6-5-7-12(13)16/h5-10H,4H2,1-3H3. The lowest BCUT2D eigenvalue weighted by atomic mass is 10.1. The second-order valence-corrected chi connectivity index (χ2v) is 4.68. The van der Waals surface area contributed by atoms with Gasteiger partial charge in [-0.15, -0.1) is 0 Å². The van der Waals surface area contributed by atoms with Crippen LogP contribution in [-0.4, -0.2) is 22.4 Å². The lowest BCUT2D eigenvalue weighted by Gasteiger charge is -2.12. The number of nitrogens with zero attached hydrogens (tertiary/aromatic N) is 2. The molecule has 0 atom stereocenters. The molecule has 5 heteroatoms. The molecule has 20 heavy (non-hydrogen) atoms. The molecule has 0 amide bonds. The van der Waals surface area contributed by atoms with Crippen molar-refractivity contribution in [2.24, 2.45) is 0 Å². The summed E-state index contributed by atoms with van der Waals surface area (Å²) in [5.74, 6) is -0.803. The Hall–Kier alpha value is -2.17. The molecule has 1 aromatic carbocycles. The van der Waals surface area contributed by atoms with Crippen molar-refractivity contribution in [2.75, 3.05) is 6.61 Å². The first-order valence-corrected chi connectivity index (χ1v) is 6.56. The normalized spacial score (nSPS) is 10.8. The minimum atomic E-state index is -0.432. The van der Waals surface area contributed by atoms with Gasteiger partial charge in [-0.2, -0.15) is 5.10 Å². The van der Waals surface area contributed by atoms with E-state index < -0.39 is 5.97 Å². The van der Waals surface area contributed by atoms with Crippen molar-refractivity contribution in [1.29, 1.82) is 0 Å². The van der Waals surface area contributed by atoms with E-state index in [0.717, 1.165) is 0 Å². The van der Waals surface area contributed by atoms with Crippen molar-refractivity contribution in [3.63, 3.8) is 0 Å². The molecule has 4 nitrogen and oxygen atoms in total. The molecule has 0 unspecified atom stereocenters. The maximum atomic E-state index is 13.9. The Bertz CT molecular complexity index is 620. The van der Waals surface area contributed by atoms with Crippen LogP contribution in [0.15, 0.2) is 30.5 Å². The zero-order valence-electron chi connectivity index (χ0n) is 11.8. The molecule has 1 aromatic heterocycles. The van der Waals surface area contributed by atoms with E-state index in [9.17, 15) is 9.18 Å². The van der Waals surface area contributed by atoms with Gasteiger partial charge in [-0.3, -0.25) is 0 Å². The van der Waals surface area contributed by atoms with Crippen LogP contribution < -0.4 is 0 Å².